The predicted molar refractivity (Wildman–Crippen MR) is 146 cm³/mol. The molecule has 4 N–H and O–H groups in total. The predicted octanol–water partition coefficient (Wildman–Crippen LogP) is 4.92. The van der Waals surface area contributed by atoms with Crippen molar-refractivity contribution in [1.82, 2.24) is 10.6 Å². The van der Waals surface area contributed by atoms with Crippen molar-refractivity contribution in [3.63, 3.8) is 0 Å². The molecule has 0 bridgehead atoms. The summed E-state index contributed by atoms with van der Waals surface area (Å²) >= 11 is 0. The molecule has 0 saturated carbocycles. The van der Waals surface area contributed by atoms with Gasteiger partial charge in [-0.05, 0) is 67.3 Å². The number of hydrogen-bond acceptors (Lipinski definition) is 5. The zero-order chi connectivity index (χ0) is 26.8. The van der Waals surface area contributed by atoms with Gasteiger partial charge in [-0.3, -0.25) is 4.79 Å². The van der Waals surface area contributed by atoms with Gasteiger partial charge in [0.15, 0.2) is 0 Å². The summed E-state index contributed by atoms with van der Waals surface area (Å²) in [5.41, 5.74) is 8.97. The number of nitrogens with two attached hydrogens (primary N) is 1. The first-order valence-electron chi connectivity index (χ1n) is 13.4. The van der Waals surface area contributed by atoms with Crippen molar-refractivity contribution in [2.24, 2.45) is 11.7 Å². The second-order valence-corrected chi connectivity index (χ2v) is 10.6. The molecule has 2 amide bonds. The van der Waals surface area contributed by atoms with Gasteiger partial charge in [0.05, 0.1) is 6.04 Å². The third kappa shape index (κ3) is 7.41. The van der Waals surface area contributed by atoms with Crippen LogP contribution in [0.5, 0.6) is 0 Å². The number of amides is 2. The van der Waals surface area contributed by atoms with Crippen molar-refractivity contribution in [1.29, 1.82) is 0 Å². The highest BCUT2D eigenvalue weighted by molar-refractivity contribution is 5.91. The molecule has 1 aliphatic rings. The number of carbonyl (C=O) groups is 3. The first-order valence-corrected chi connectivity index (χ1v) is 13.4. The number of ether oxygens (including phenoxy) is 1. The van der Waals surface area contributed by atoms with E-state index < -0.39 is 17.7 Å². The van der Waals surface area contributed by atoms with E-state index in [1.54, 1.807) is 6.92 Å². The summed E-state index contributed by atoms with van der Waals surface area (Å²) in [6.07, 6.45) is 4.26. The van der Waals surface area contributed by atoms with Crippen molar-refractivity contribution in [2.75, 3.05) is 13.2 Å². The van der Waals surface area contributed by atoms with E-state index in [1.807, 2.05) is 24.3 Å². The van der Waals surface area contributed by atoms with E-state index in [0.717, 1.165) is 47.8 Å². The number of carbonyl (C=O) groups excluding carboxylic acids is 3. The quantitative estimate of drug-likeness (QED) is 0.248. The Bertz CT molecular complexity index is 1020. The first-order chi connectivity index (χ1) is 17.8. The minimum Gasteiger partial charge on any atom is -0.449 e. The van der Waals surface area contributed by atoms with Crippen LogP contribution in [-0.4, -0.2) is 43.0 Å². The van der Waals surface area contributed by atoms with Crippen molar-refractivity contribution >= 4 is 18.3 Å². The standard InChI is InChI=1S/C30H41N3O4/c1-21(2)11-10-12-22(19-34)32-28(35)30(3,17-8-9-18-31)33-29(36)37-20-27-25-15-6-4-13-23(25)24-14-5-7-16-26(24)27/h4-7,13-16,19,21-22,27H,8-12,17-18,20,31H2,1-3H3,(H,32,35)(H,33,36). The lowest BCUT2D eigenvalue weighted by molar-refractivity contribution is -0.129. The lowest BCUT2D eigenvalue weighted by Crippen LogP contribution is -2.59. The topological polar surface area (TPSA) is 111 Å². The van der Waals surface area contributed by atoms with Gasteiger partial charge >= 0.3 is 6.09 Å². The number of alkyl carbamates (subject to hydrolysis) is 1. The SMILES string of the molecule is CC(C)CCCC(C=O)NC(=O)C(C)(CCCCN)NC(=O)OCC1c2ccccc2-c2ccccc21. The van der Waals surface area contributed by atoms with Crippen molar-refractivity contribution < 1.29 is 19.1 Å². The fourth-order valence-corrected chi connectivity index (χ4v) is 4.96. The summed E-state index contributed by atoms with van der Waals surface area (Å²) in [5.74, 6) is 0.0651. The number of unbranched alkanes of at least 4 members (excludes halogenated alkanes) is 1. The van der Waals surface area contributed by atoms with E-state index in [0.29, 0.717) is 31.7 Å². The van der Waals surface area contributed by atoms with Crippen LogP contribution in [-0.2, 0) is 14.3 Å². The van der Waals surface area contributed by atoms with E-state index in [1.165, 1.54) is 0 Å². The molecule has 2 aromatic rings. The van der Waals surface area contributed by atoms with Crippen molar-refractivity contribution in [3.05, 3.63) is 59.7 Å². The molecule has 0 radical (unpaired) electrons. The van der Waals surface area contributed by atoms with Gasteiger partial charge in [-0.15, -0.1) is 0 Å². The Morgan fingerprint density at radius 2 is 1.62 bits per heavy atom. The van der Waals surface area contributed by atoms with Gasteiger partial charge in [0.25, 0.3) is 0 Å². The zero-order valence-electron chi connectivity index (χ0n) is 22.3. The highest BCUT2D eigenvalue weighted by Crippen LogP contribution is 2.44. The Kier molecular flexibility index (Phi) is 10.3. The molecular formula is C30H41N3O4. The number of fused-ring (bicyclic) bond motifs is 3. The minimum atomic E-state index is -1.23. The van der Waals surface area contributed by atoms with Crippen molar-refractivity contribution in [3.8, 4) is 11.1 Å². The van der Waals surface area contributed by atoms with E-state index in [9.17, 15) is 14.4 Å². The smallest absolute Gasteiger partial charge is 0.408 e. The Labute approximate surface area is 220 Å². The number of benzene rings is 2. The lowest BCUT2D eigenvalue weighted by atomic mass is 9.93. The van der Waals surface area contributed by atoms with E-state index >= 15 is 0 Å². The molecule has 0 fully saturated rings. The zero-order valence-corrected chi connectivity index (χ0v) is 22.3. The van der Waals surface area contributed by atoms with E-state index in [4.69, 9.17) is 10.5 Å². The molecule has 7 nitrogen and oxygen atoms in total. The van der Waals surface area contributed by atoms with Crippen LogP contribution in [0.4, 0.5) is 4.79 Å². The van der Waals surface area contributed by atoms with Gasteiger partial charge in [0, 0.05) is 5.92 Å². The molecule has 2 unspecified atom stereocenters. The molecule has 1 aliphatic carbocycles. The average molecular weight is 508 g/mol. The van der Waals surface area contributed by atoms with Gasteiger partial charge in [0.1, 0.15) is 18.4 Å². The molecule has 200 valence electrons. The summed E-state index contributed by atoms with van der Waals surface area (Å²) in [7, 11) is 0. The first kappa shape index (κ1) is 28.4. The highest BCUT2D eigenvalue weighted by Gasteiger charge is 2.37. The van der Waals surface area contributed by atoms with Crippen LogP contribution in [0.25, 0.3) is 11.1 Å². The van der Waals surface area contributed by atoms with Crippen LogP contribution in [0.15, 0.2) is 48.5 Å². The summed E-state index contributed by atoms with van der Waals surface area (Å²) in [4.78, 5) is 37.9. The Hall–Kier alpha value is -3.19. The van der Waals surface area contributed by atoms with E-state index in [-0.39, 0.29) is 18.4 Å². The van der Waals surface area contributed by atoms with Crippen LogP contribution in [0, 0.1) is 5.92 Å². The molecule has 0 aromatic heterocycles. The molecule has 0 aliphatic heterocycles. The molecule has 7 heteroatoms. The second-order valence-electron chi connectivity index (χ2n) is 10.6. The fourth-order valence-electron chi connectivity index (χ4n) is 4.96. The molecule has 3 rings (SSSR count). The Morgan fingerprint density at radius 3 is 2.19 bits per heavy atom. The molecule has 2 atom stereocenters. The normalized spacial score (nSPS) is 14.8. The molecule has 0 spiro atoms. The van der Waals surface area contributed by atoms with Crippen LogP contribution >= 0.6 is 0 Å². The minimum absolute atomic E-state index is 0.0733. The van der Waals surface area contributed by atoms with Gasteiger partial charge in [-0.1, -0.05) is 75.2 Å². The third-order valence-electron chi connectivity index (χ3n) is 7.13. The van der Waals surface area contributed by atoms with Gasteiger partial charge in [0.2, 0.25) is 5.91 Å². The monoisotopic (exact) mass is 507 g/mol. The molecule has 0 saturated heterocycles. The maximum atomic E-state index is 13.3. The molecule has 2 aromatic carbocycles. The number of hydrogen-bond donors (Lipinski definition) is 3. The Morgan fingerprint density at radius 1 is 1.00 bits per heavy atom. The van der Waals surface area contributed by atoms with Gasteiger partial charge < -0.3 is 25.9 Å². The lowest BCUT2D eigenvalue weighted by Gasteiger charge is -2.31. The van der Waals surface area contributed by atoms with Crippen LogP contribution in [0.3, 0.4) is 0 Å². The fraction of sp³-hybridized carbons (Fsp3) is 0.500. The van der Waals surface area contributed by atoms with Crippen LogP contribution < -0.4 is 16.4 Å². The largest absolute Gasteiger partial charge is 0.449 e. The maximum Gasteiger partial charge on any atom is 0.408 e. The third-order valence-corrected chi connectivity index (χ3v) is 7.13. The van der Waals surface area contributed by atoms with Crippen LogP contribution in [0.1, 0.15) is 76.3 Å². The molecule has 37 heavy (non-hydrogen) atoms. The number of aldehydes is 1. The highest BCUT2D eigenvalue weighted by atomic mass is 16.5. The number of nitrogens with one attached hydrogen (secondary N) is 2. The Balaban J connectivity index is 1.66. The average Bonchev–Trinajstić information content (AvgIpc) is 3.20. The maximum absolute atomic E-state index is 13.3. The summed E-state index contributed by atoms with van der Waals surface area (Å²) < 4.78 is 5.69. The number of rotatable bonds is 14. The molecule has 0 heterocycles. The van der Waals surface area contributed by atoms with Gasteiger partial charge in [-0.25, -0.2) is 4.79 Å². The van der Waals surface area contributed by atoms with Crippen molar-refractivity contribution in [2.45, 2.75) is 76.8 Å². The van der Waals surface area contributed by atoms with Gasteiger partial charge in [-0.2, -0.15) is 0 Å². The van der Waals surface area contributed by atoms with Crippen LogP contribution in [0.2, 0.25) is 0 Å². The van der Waals surface area contributed by atoms with E-state index in [2.05, 4.69) is 48.7 Å². The molecular weight excluding hydrogens is 466 g/mol. The summed E-state index contributed by atoms with van der Waals surface area (Å²) in [6.45, 7) is 6.58. The second kappa shape index (κ2) is 13.4. The summed E-state index contributed by atoms with van der Waals surface area (Å²) in [6, 6.07) is 15.7. The summed E-state index contributed by atoms with van der Waals surface area (Å²) in [5, 5.41) is 5.63.